The highest BCUT2D eigenvalue weighted by Crippen LogP contribution is 2.26. The molecule has 110 valence electrons. The van der Waals surface area contributed by atoms with Gasteiger partial charge in [-0.1, -0.05) is 17.7 Å². The Labute approximate surface area is 129 Å². The average Bonchev–Trinajstić information content (AvgIpc) is 2.49. The number of hydrogen-bond acceptors (Lipinski definition) is 3. The number of aryl methyl sites for hydroxylation is 1. The molecule has 0 spiro atoms. The largest absolute Gasteiger partial charge is 0.479 e. The van der Waals surface area contributed by atoms with Gasteiger partial charge >= 0.3 is 0 Å². The first-order valence-electron chi connectivity index (χ1n) is 6.65. The molecule has 1 heterocycles. The van der Waals surface area contributed by atoms with Crippen molar-refractivity contribution in [3.63, 3.8) is 0 Å². The summed E-state index contributed by atoms with van der Waals surface area (Å²) in [6.07, 6.45) is 2.76. The van der Waals surface area contributed by atoms with Crippen LogP contribution in [-0.2, 0) is 11.3 Å². The number of hydrogen-bond donors (Lipinski definition) is 1. The molecule has 0 bridgehead atoms. The molecule has 2 rings (SSSR count). The van der Waals surface area contributed by atoms with Crippen LogP contribution in [0.3, 0.4) is 0 Å². The Bertz CT molecular complexity index is 617. The second-order valence-corrected chi connectivity index (χ2v) is 5.17. The Balaban J connectivity index is 1.92. The molecule has 0 aliphatic rings. The Morgan fingerprint density at radius 1 is 1.33 bits per heavy atom. The Hall–Kier alpha value is -2.07. The molecular weight excluding hydrogens is 288 g/mol. The monoisotopic (exact) mass is 304 g/mol. The number of halogens is 1. The van der Waals surface area contributed by atoms with Crippen LogP contribution in [0.5, 0.6) is 5.75 Å². The lowest BCUT2D eigenvalue weighted by atomic mass is 10.2. The van der Waals surface area contributed by atoms with Gasteiger partial charge in [0.2, 0.25) is 0 Å². The maximum atomic E-state index is 12.0. The van der Waals surface area contributed by atoms with Crippen molar-refractivity contribution in [3.8, 4) is 5.75 Å². The molecule has 0 aliphatic carbocycles. The number of ether oxygens (including phenoxy) is 1. The minimum absolute atomic E-state index is 0.190. The zero-order valence-electron chi connectivity index (χ0n) is 12.0. The summed E-state index contributed by atoms with van der Waals surface area (Å²) in [5.74, 6) is 0.326. The molecule has 0 saturated carbocycles. The minimum Gasteiger partial charge on any atom is -0.479 e. The molecule has 1 aromatic carbocycles. The summed E-state index contributed by atoms with van der Waals surface area (Å²) in [6.45, 7) is 4.08. The topological polar surface area (TPSA) is 51.2 Å². The third-order valence-electron chi connectivity index (χ3n) is 2.98. The molecule has 1 atom stereocenters. The smallest absolute Gasteiger partial charge is 0.261 e. The fourth-order valence-corrected chi connectivity index (χ4v) is 1.94. The first-order valence-corrected chi connectivity index (χ1v) is 7.03. The molecule has 1 aromatic heterocycles. The van der Waals surface area contributed by atoms with Crippen molar-refractivity contribution in [2.24, 2.45) is 0 Å². The molecule has 0 fully saturated rings. The molecule has 1 amide bonds. The first-order chi connectivity index (χ1) is 10.1. The van der Waals surface area contributed by atoms with Crippen molar-refractivity contribution in [3.05, 3.63) is 58.9 Å². The van der Waals surface area contributed by atoms with E-state index in [2.05, 4.69) is 10.3 Å². The molecule has 21 heavy (non-hydrogen) atoms. The number of benzene rings is 1. The Morgan fingerprint density at radius 2 is 2.05 bits per heavy atom. The van der Waals surface area contributed by atoms with Gasteiger partial charge in [-0.2, -0.15) is 0 Å². The third-order valence-corrected chi connectivity index (χ3v) is 3.29. The van der Waals surface area contributed by atoms with Crippen LogP contribution in [0.15, 0.2) is 42.7 Å². The van der Waals surface area contributed by atoms with E-state index in [0.717, 1.165) is 11.1 Å². The highest BCUT2D eigenvalue weighted by molar-refractivity contribution is 6.32. The van der Waals surface area contributed by atoms with Crippen LogP contribution in [0.1, 0.15) is 18.1 Å². The predicted molar refractivity (Wildman–Crippen MR) is 82.4 cm³/mol. The van der Waals surface area contributed by atoms with E-state index in [4.69, 9.17) is 16.3 Å². The number of rotatable bonds is 5. The standard InChI is InChI=1S/C16H17ClN2O2/c1-11-3-4-14(17)15(9-11)21-12(2)16(20)19-10-13-5-7-18-8-6-13/h3-9,12H,10H2,1-2H3,(H,19,20). The fraction of sp³-hybridized carbons (Fsp3) is 0.250. The molecule has 0 saturated heterocycles. The van der Waals surface area contributed by atoms with E-state index in [1.165, 1.54) is 0 Å². The van der Waals surface area contributed by atoms with Crippen molar-refractivity contribution in [2.45, 2.75) is 26.5 Å². The first kappa shape index (κ1) is 15.3. The number of carbonyl (C=O) groups excluding carboxylic acids is 1. The predicted octanol–water partition coefficient (Wildman–Crippen LogP) is 3.13. The second kappa shape index (κ2) is 7.09. The van der Waals surface area contributed by atoms with Gasteiger partial charge in [-0.15, -0.1) is 0 Å². The van der Waals surface area contributed by atoms with Gasteiger partial charge in [-0.05, 0) is 49.2 Å². The number of nitrogens with one attached hydrogen (secondary N) is 1. The zero-order valence-corrected chi connectivity index (χ0v) is 12.7. The summed E-state index contributed by atoms with van der Waals surface area (Å²) >= 11 is 6.05. The molecule has 0 radical (unpaired) electrons. The van der Waals surface area contributed by atoms with Gasteiger partial charge in [0.25, 0.3) is 5.91 Å². The molecule has 0 aliphatic heterocycles. The summed E-state index contributed by atoms with van der Waals surface area (Å²) in [5.41, 5.74) is 2.01. The number of pyridine rings is 1. The lowest BCUT2D eigenvalue weighted by molar-refractivity contribution is -0.127. The van der Waals surface area contributed by atoms with Crippen molar-refractivity contribution in [1.29, 1.82) is 0 Å². The molecule has 1 unspecified atom stereocenters. The Kier molecular flexibility index (Phi) is 5.17. The lowest BCUT2D eigenvalue weighted by Crippen LogP contribution is -2.35. The number of carbonyl (C=O) groups is 1. The van der Waals surface area contributed by atoms with Crippen LogP contribution in [0.25, 0.3) is 0 Å². The lowest BCUT2D eigenvalue weighted by Gasteiger charge is -2.16. The van der Waals surface area contributed by atoms with E-state index >= 15 is 0 Å². The van der Waals surface area contributed by atoms with E-state index in [-0.39, 0.29) is 5.91 Å². The fourth-order valence-electron chi connectivity index (χ4n) is 1.78. The Morgan fingerprint density at radius 3 is 2.76 bits per heavy atom. The van der Waals surface area contributed by atoms with Crippen molar-refractivity contribution < 1.29 is 9.53 Å². The minimum atomic E-state index is -0.619. The summed E-state index contributed by atoms with van der Waals surface area (Å²) < 4.78 is 5.62. The number of aromatic nitrogens is 1. The SMILES string of the molecule is Cc1ccc(Cl)c(OC(C)C(=O)NCc2ccncc2)c1. The van der Waals surface area contributed by atoms with E-state index in [9.17, 15) is 4.79 Å². The van der Waals surface area contributed by atoms with Gasteiger partial charge in [0, 0.05) is 18.9 Å². The number of amides is 1. The van der Waals surface area contributed by atoms with Crippen LogP contribution in [0.2, 0.25) is 5.02 Å². The van der Waals surface area contributed by atoms with E-state index < -0.39 is 6.10 Å². The highest BCUT2D eigenvalue weighted by Gasteiger charge is 2.15. The molecular formula is C16H17ClN2O2. The summed E-state index contributed by atoms with van der Waals surface area (Å²) in [5, 5.41) is 3.31. The molecule has 1 N–H and O–H groups in total. The number of nitrogens with zero attached hydrogens (tertiary/aromatic N) is 1. The summed E-state index contributed by atoms with van der Waals surface area (Å²) in [7, 11) is 0. The molecule has 5 heteroatoms. The normalized spacial score (nSPS) is 11.8. The maximum absolute atomic E-state index is 12.0. The molecule has 2 aromatic rings. The highest BCUT2D eigenvalue weighted by atomic mass is 35.5. The quantitative estimate of drug-likeness (QED) is 0.923. The van der Waals surface area contributed by atoms with E-state index in [1.54, 1.807) is 25.4 Å². The van der Waals surface area contributed by atoms with Gasteiger partial charge in [0.1, 0.15) is 5.75 Å². The van der Waals surface area contributed by atoms with Gasteiger partial charge in [0.15, 0.2) is 6.10 Å². The third kappa shape index (κ3) is 4.46. The van der Waals surface area contributed by atoms with E-state index in [0.29, 0.717) is 17.3 Å². The second-order valence-electron chi connectivity index (χ2n) is 4.77. The van der Waals surface area contributed by atoms with Crippen LogP contribution in [-0.4, -0.2) is 17.0 Å². The van der Waals surface area contributed by atoms with Crippen LogP contribution in [0, 0.1) is 6.92 Å². The van der Waals surface area contributed by atoms with E-state index in [1.807, 2.05) is 31.2 Å². The zero-order chi connectivity index (χ0) is 15.2. The van der Waals surface area contributed by atoms with Gasteiger partial charge in [-0.3, -0.25) is 9.78 Å². The van der Waals surface area contributed by atoms with Crippen molar-refractivity contribution in [2.75, 3.05) is 0 Å². The summed E-state index contributed by atoms with van der Waals surface area (Å²) in [4.78, 5) is 16.0. The van der Waals surface area contributed by atoms with Crippen LogP contribution >= 0.6 is 11.6 Å². The van der Waals surface area contributed by atoms with Gasteiger partial charge in [-0.25, -0.2) is 0 Å². The molecule has 4 nitrogen and oxygen atoms in total. The average molecular weight is 305 g/mol. The van der Waals surface area contributed by atoms with Crippen LogP contribution in [0.4, 0.5) is 0 Å². The van der Waals surface area contributed by atoms with Crippen LogP contribution < -0.4 is 10.1 Å². The summed E-state index contributed by atoms with van der Waals surface area (Å²) in [6, 6.07) is 9.17. The van der Waals surface area contributed by atoms with Crippen molar-refractivity contribution in [1.82, 2.24) is 10.3 Å². The van der Waals surface area contributed by atoms with Gasteiger partial charge in [0.05, 0.1) is 5.02 Å². The van der Waals surface area contributed by atoms with Crippen molar-refractivity contribution >= 4 is 17.5 Å². The maximum Gasteiger partial charge on any atom is 0.261 e. The van der Waals surface area contributed by atoms with Gasteiger partial charge < -0.3 is 10.1 Å².